The Morgan fingerprint density at radius 2 is 1.81 bits per heavy atom. The maximum absolute atomic E-state index is 13.1. The topological polar surface area (TPSA) is 46.9 Å². The molecule has 5 heteroatoms. The van der Waals surface area contributed by atoms with Crippen molar-refractivity contribution in [3.63, 3.8) is 0 Å². The van der Waals surface area contributed by atoms with Crippen molar-refractivity contribution in [1.29, 1.82) is 0 Å². The smallest absolute Gasteiger partial charge is 0.252 e. The first-order valence-electron chi connectivity index (χ1n) is 8.71. The number of hydrogen-bond donors (Lipinski definition) is 1. The highest BCUT2D eigenvalue weighted by Crippen LogP contribution is 2.26. The number of benzene rings is 2. The van der Waals surface area contributed by atoms with E-state index in [0.29, 0.717) is 0 Å². The molecular formula is C22H19N3OS. The van der Waals surface area contributed by atoms with E-state index in [1.807, 2.05) is 96.0 Å². The number of anilines is 1. The van der Waals surface area contributed by atoms with Crippen molar-refractivity contribution >= 4 is 22.9 Å². The number of hydrogen-bond acceptors (Lipinski definition) is 3. The summed E-state index contributed by atoms with van der Waals surface area (Å²) in [5.74, 6) is -0.0796. The van der Waals surface area contributed by atoms with Crippen molar-refractivity contribution in [1.82, 2.24) is 9.55 Å². The Bertz CT molecular complexity index is 1040. The zero-order chi connectivity index (χ0) is 18.6. The normalized spacial score (nSPS) is 11.9. The Morgan fingerprint density at radius 3 is 2.52 bits per heavy atom. The zero-order valence-corrected chi connectivity index (χ0v) is 15.7. The summed E-state index contributed by atoms with van der Waals surface area (Å²) >= 11 is 1.62. The highest BCUT2D eigenvalue weighted by molar-refractivity contribution is 7.09. The molecule has 134 valence electrons. The molecule has 0 aliphatic carbocycles. The molecule has 0 bridgehead atoms. The minimum absolute atomic E-state index is 0.0796. The Hall–Kier alpha value is -3.18. The van der Waals surface area contributed by atoms with Gasteiger partial charge in [0, 0.05) is 29.0 Å². The first-order chi connectivity index (χ1) is 13.2. The first kappa shape index (κ1) is 17.2. The SMILES string of the molecule is Cc1nc(-c2cccc(NC(=O)C(c3ccccc3)n3cccc3)c2)cs1. The van der Waals surface area contributed by atoms with Gasteiger partial charge in [-0.3, -0.25) is 4.79 Å². The van der Waals surface area contributed by atoms with Gasteiger partial charge in [0.05, 0.1) is 10.7 Å². The van der Waals surface area contributed by atoms with Gasteiger partial charge in [-0.05, 0) is 36.8 Å². The van der Waals surface area contributed by atoms with Gasteiger partial charge in [0.1, 0.15) is 6.04 Å². The summed E-state index contributed by atoms with van der Waals surface area (Å²) in [4.78, 5) is 17.6. The lowest BCUT2D eigenvalue weighted by molar-refractivity contribution is -0.118. The van der Waals surface area contributed by atoms with Gasteiger partial charge >= 0.3 is 0 Å². The summed E-state index contributed by atoms with van der Waals surface area (Å²) in [6.07, 6.45) is 3.82. The lowest BCUT2D eigenvalue weighted by Crippen LogP contribution is -2.26. The number of carbonyl (C=O) groups excluding carboxylic acids is 1. The second-order valence-corrected chi connectivity index (χ2v) is 7.33. The van der Waals surface area contributed by atoms with Crippen molar-refractivity contribution in [3.8, 4) is 11.3 Å². The number of aryl methyl sites for hydroxylation is 1. The third kappa shape index (κ3) is 3.83. The predicted molar refractivity (Wildman–Crippen MR) is 110 cm³/mol. The second-order valence-electron chi connectivity index (χ2n) is 6.27. The average Bonchev–Trinajstić information content (AvgIpc) is 3.35. The lowest BCUT2D eigenvalue weighted by atomic mass is 10.1. The van der Waals surface area contributed by atoms with Crippen LogP contribution in [-0.2, 0) is 4.79 Å². The summed E-state index contributed by atoms with van der Waals surface area (Å²) < 4.78 is 1.91. The molecular weight excluding hydrogens is 354 g/mol. The van der Waals surface area contributed by atoms with Crippen LogP contribution in [0.25, 0.3) is 11.3 Å². The van der Waals surface area contributed by atoms with E-state index in [4.69, 9.17) is 0 Å². The van der Waals surface area contributed by atoms with Gasteiger partial charge in [-0.15, -0.1) is 11.3 Å². The Balaban J connectivity index is 1.62. The summed E-state index contributed by atoms with van der Waals surface area (Å²) in [7, 11) is 0. The number of nitrogens with zero attached hydrogens (tertiary/aromatic N) is 2. The molecule has 1 atom stereocenters. The molecule has 0 radical (unpaired) electrons. The van der Waals surface area contributed by atoms with Crippen LogP contribution in [0.2, 0.25) is 0 Å². The lowest BCUT2D eigenvalue weighted by Gasteiger charge is -2.19. The van der Waals surface area contributed by atoms with Crippen molar-refractivity contribution in [2.45, 2.75) is 13.0 Å². The number of rotatable bonds is 5. The van der Waals surface area contributed by atoms with E-state index in [1.165, 1.54) is 0 Å². The molecule has 4 rings (SSSR count). The molecule has 27 heavy (non-hydrogen) atoms. The van der Waals surface area contributed by atoms with E-state index < -0.39 is 6.04 Å². The largest absolute Gasteiger partial charge is 0.338 e. The maximum Gasteiger partial charge on any atom is 0.252 e. The maximum atomic E-state index is 13.1. The fraction of sp³-hybridized carbons (Fsp3) is 0.0909. The van der Waals surface area contributed by atoms with Crippen LogP contribution in [0.15, 0.2) is 84.5 Å². The predicted octanol–water partition coefficient (Wildman–Crippen LogP) is 5.15. The van der Waals surface area contributed by atoms with E-state index in [9.17, 15) is 4.79 Å². The van der Waals surface area contributed by atoms with E-state index >= 15 is 0 Å². The van der Waals surface area contributed by atoms with Crippen molar-refractivity contribution in [2.24, 2.45) is 0 Å². The van der Waals surface area contributed by atoms with Gasteiger partial charge in [-0.1, -0.05) is 42.5 Å². The molecule has 0 fully saturated rings. The fourth-order valence-corrected chi connectivity index (χ4v) is 3.70. The summed E-state index contributed by atoms with van der Waals surface area (Å²) in [6, 6.07) is 21.0. The van der Waals surface area contributed by atoms with Gasteiger partial charge in [-0.2, -0.15) is 0 Å². The zero-order valence-electron chi connectivity index (χ0n) is 14.9. The van der Waals surface area contributed by atoms with E-state index in [2.05, 4.69) is 10.3 Å². The molecule has 0 saturated carbocycles. The average molecular weight is 373 g/mol. The van der Waals surface area contributed by atoms with Crippen LogP contribution in [0.3, 0.4) is 0 Å². The highest BCUT2D eigenvalue weighted by atomic mass is 32.1. The molecule has 0 aliphatic heterocycles. The third-order valence-electron chi connectivity index (χ3n) is 4.33. The van der Waals surface area contributed by atoms with Crippen molar-refractivity contribution in [2.75, 3.05) is 5.32 Å². The van der Waals surface area contributed by atoms with Crippen molar-refractivity contribution in [3.05, 3.63) is 95.1 Å². The van der Waals surface area contributed by atoms with Crippen LogP contribution in [0.4, 0.5) is 5.69 Å². The number of amides is 1. The minimum Gasteiger partial charge on any atom is -0.338 e. The molecule has 0 saturated heterocycles. The van der Waals surface area contributed by atoms with Gasteiger partial charge in [0.2, 0.25) is 0 Å². The molecule has 1 N–H and O–H groups in total. The quantitative estimate of drug-likeness (QED) is 0.526. The molecule has 4 aromatic rings. The van der Waals surface area contributed by atoms with Gasteiger partial charge in [-0.25, -0.2) is 4.98 Å². The molecule has 1 unspecified atom stereocenters. The summed E-state index contributed by atoms with van der Waals surface area (Å²) in [6.45, 7) is 1.99. The Kier molecular flexibility index (Phi) is 4.85. The van der Waals surface area contributed by atoms with Gasteiger partial charge in [0.15, 0.2) is 0 Å². The summed E-state index contributed by atoms with van der Waals surface area (Å²) in [5.41, 5.74) is 3.63. The number of aromatic nitrogens is 2. The molecule has 0 aliphatic rings. The minimum atomic E-state index is -0.425. The second kappa shape index (κ2) is 7.60. The number of carbonyl (C=O) groups is 1. The molecule has 2 heterocycles. The van der Waals surface area contributed by atoms with Crippen LogP contribution in [0.1, 0.15) is 16.6 Å². The van der Waals surface area contributed by atoms with Crippen LogP contribution in [0, 0.1) is 6.92 Å². The molecule has 4 nitrogen and oxygen atoms in total. The van der Waals surface area contributed by atoms with Gasteiger partial charge < -0.3 is 9.88 Å². The summed E-state index contributed by atoms with van der Waals surface area (Å²) in [5, 5.41) is 6.12. The van der Waals surface area contributed by atoms with E-state index in [1.54, 1.807) is 11.3 Å². The fourth-order valence-electron chi connectivity index (χ4n) is 3.08. The van der Waals surface area contributed by atoms with E-state index in [-0.39, 0.29) is 5.91 Å². The van der Waals surface area contributed by atoms with Crippen LogP contribution in [0.5, 0.6) is 0 Å². The third-order valence-corrected chi connectivity index (χ3v) is 5.11. The van der Waals surface area contributed by atoms with Crippen LogP contribution >= 0.6 is 11.3 Å². The molecule has 2 aromatic carbocycles. The number of nitrogens with one attached hydrogen (secondary N) is 1. The highest BCUT2D eigenvalue weighted by Gasteiger charge is 2.22. The number of thiazole rings is 1. The van der Waals surface area contributed by atoms with E-state index in [0.717, 1.165) is 27.5 Å². The first-order valence-corrected chi connectivity index (χ1v) is 9.59. The monoisotopic (exact) mass is 373 g/mol. The van der Waals surface area contributed by atoms with Crippen LogP contribution in [-0.4, -0.2) is 15.5 Å². The van der Waals surface area contributed by atoms with Crippen molar-refractivity contribution < 1.29 is 4.79 Å². The van der Waals surface area contributed by atoms with Crippen LogP contribution < -0.4 is 5.32 Å². The Morgan fingerprint density at radius 1 is 1.04 bits per heavy atom. The van der Waals surface area contributed by atoms with Gasteiger partial charge in [0.25, 0.3) is 5.91 Å². The Labute approximate surface area is 162 Å². The molecule has 0 spiro atoms. The molecule has 2 aromatic heterocycles. The molecule has 1 amide bonds. The standard InChI is InChI=1S/C22H19N3OS/c1-16-23-20(15-27-16)18-10-7-11-19(14-18)24-22(26)21(25-12-5-6-13-25)17-8-3-2-4-9-17/h2-15,21H,1H3,(H,24,26).